The number of thiophene rings is 1. The van der Waals surface area contributed by atoms with E-state index in [2.05, 4.69) is 28.4 Å². The molecule has 0 radical (unpaired) electrons. The standard InChI is InChI=1S/C14H20N4S/c1-9-12(8-18-11(3)16-10(2)17-18)6-14(19-9)7-15-13-4-5-13/h6,13,15H,4-5,7-8H2,1-3H3. The van der Waals surface area contributed by atoms with Crippen LogP contribution in [0.3, 0.4) is 0 Å². The number of hydrogen-bond acceptors (Lipinski definition) is 4. The number of hydrogen-bond donors (Lipinski definition) is 1. The van der Waals surface area contributed by atoms with Crippen molar-refractivity contribution >= 4 is 11.3 Å². The highest BCUT2D eigenvalue weighted by atomic mass is 32.1. The Morgan fingerprint density at radius 3 is 2.79 bits per heavy atom. The Bertz CT molecular complexity index is 580. The van der Waals surface area contributed by atoms with Gasteiger partial charge in [0.15, 0.2) is 0 Å². The van der Waals surface area contributed by atoms with E-state index < -0.39 is 0 Å². The van der Waals surface area contributed by atoms with Crippen molar-refractivity contribution in [3.05, 3.63) is 33.0 Å². The van der Waals surface area contributed by atoms with Crippen molar-refractivity contribution in [2.45, 2.75) is 52.7 Å². The molecule has 2 aromatic rings. The van der Waals surface area contributed by atoms with Crippen LogP contribution in [-0.4, -0.2) is 20.8 Å². The lowest BCUT2D eigenvalue weighted by molar-refractivity contribution is 0.654. The van der Waals surface area contributed by atoms with E-state index in [1.165, 1.54) is 28.2 Å². The first-order valence-corrected chi connectivity index (χ1v) is 7.63. The molecule has 102 valence electrons. The van der Waals surface area contributed by atoms with Crippen molar-refractivity contribution < 1.29 is 0 Å². The molecule has 19 heavy (non-hydrogen) atoms. The van der Waals surface area contributed by atoms with E-state index in [1.54, 1.807) is 0 Å². The zero-order valence-corrected chi connectivity index (χ0v) is 12.5. The van der Waals surface area contributed by atoms with E-state index in [4.69, 9.17) is 0 Å². The zero-order valence-electron chi connectivity index (χ0n) is 11.7. The lowest BCUT2D eigenvalue weighted by Gasteiger charge is -2.02. The van der Waals surface area contributed by atoms with Gasteiger partial charge in [0.1, 0.15) is 11.6 Å². The van der Waals surface area contributed by atoms with Gasteiger partial charge < -0.3 is 5.32 Å². The number of aryl methyl sites for hydroxylation is 3. The molecule has 0 amide bonds. The van der Waals surface area contributed by atoms with Gasteiger partial charge in [0, 0.05) is 22.3 Å². The summed E-state index contributed by atoms with van der Waals surface area (Å²) >= 11 is 1.89. The Hall–Kier alpha value is -1.20. The molecule has 0 saturated heterocycles. The largest absolute Gasteiger partial charge is 0.309 e. The monoisotopic (exact) mass is 276 g/mol. The minimum absolute atomic E-state index is 0.770. The van der Waals surface area contributed by atoms with Gasteiger partial charge in [0.25, 0.3) is 0 Å². The molecule has 2 aromatic heterocycles. The van der Waals surface area contributed by atoms with Gasteiger partial charge >= 0.3 is 0 Å². The number of rotatable bonds is 5. The van der Waals surface area contributed by atoms with E-state index in [9.17, 15) is 0 Å². The van der Waals surface area contributed by atoms with Crippen LogP contribution in [0, 0.1) is 20.8 Å². The molecule has 1 aliphatic carbocycles. The minimum Gasteiger partial charge on any atom is -0.309 e. The molecule has 1 fully saturated rings. The lowest BCUT2D eigenvalue weighted by atomic mass is 10.2. The van der Waals surface area contributed by atoms with Gasteiger partial charge in [-0.1, -0.05) is 0 Å². The summed E-state index contributed by atoms with van der Waals surface area (Å²) in [6.45, 7) is 7.98. The summed E-state index contributed by atoms with van der Waals surface area (Å²) in [6.07, 6.45) is 2.68. The Kier molecular flexibility index (Phi) is 3.41. The van der Waals surface area contributed by atoms with Crippen LogP contribution in [0.5, 0.6) is 0 Å². The fraction of sp³-hybridized carbons (Fsp3) is 0.571. The van der Waals surface area contributed by atoms with Crippen LogP contribution < -0.4 is 5.32 Å². The highest BCUT2D eigenvalue weighted by molar-refractivity contribution is 7.12. The van der Waals surface area contributed by atoms with Crippen LogP contribution in [0.25, 0.3) is 0 Å². The first-order chi connectivity index (χ1) is 9.11. The first kappa shape index (κ1) is 12.8. The minimum atomic E-state index is 0.770. The van der Waals surface area contributed by atoms with Gasteiger partial charge in [-0.15, -0.1) is 11.3 Å². The third-order valence-corrected chi connectivity index (χ3v) is 4.59. The average molecular weight is 276 g/mol. The van der Waals surface area contributed by atoms with Crippen molar-refractivity contribution in [1.82, 2.24) is 20.1 Å². The molecule has 0 aromatic carbocycles. The van der Waals surface area contributed by atoms with Crippen molar-refractivity contribution in [3.8, 4) is 0 Å². The summed E-state index contributed by atoms with van der Waals surface area (Å²) in [5.41, 5.74) is 1.37. The summed E-state index contributed by atoms with van der Waals surface area (Å²) in [6, 6.07) is 3.08. The van der Waals surface area contributed by atoms with Crippen LogP contribution in [0.2, 0.25) is 0 Å². The summed E-state index contributed by atoms with van der Waals surface area (Å²) in [7, 11) is 0. The summed E-state index contributed by atoms with van der Waals surface area (Å²) in [5.74, 6) is 1.83. The highest BCUT2D eigenvalue weighted by Crippen LogP contribution is 2.25. The van der Waals surface area contributed by atoms with Crippen molar-refractivity contribution in [3.63, 3.8) is 0 Å². The normalized spacial score (nSPS) is 15.1. The highest BCUT2D eigenvalue weighted by Gasteiger charge is 2.20. The van der Waals surface area contributed by atoms with E-state index in [-0.39, 0.29) is 0 Å². The molecule has 1 saturated carbocycles. The third kappa shape index (κ3) is 3.04. The molecule has 3 rings (SSSR count). The van der Waals surface area contributed by atoms with Gasteiger partial charge in [0.05, 0.1) is 6.54 Å². The predicted octanol–water partition coefficient (Wildman–Crippen LogP) is 2.57. The molecule has 0 unspecified atom stereocenters. The van der Waals surface area contributed by atoms with Crippen LogP contribution in [0.4, 0.5) is 0 Å². The van der Waals surface area contributed by atoms with Gasteiger partial charge in [-0.25, -0.2) is 9.67 Å². The second-order valence-corrected chi connectivity index (χ2v) is 6.65. The molecule has 5 heteroatoms. The van der Waals surface area contributed by atoms with Gasteiger partial charge in [-0.2, -0.15) is 5.10 Å². The van der Waals surface area contributed by atoms with Gasteiger partial charge in [-0.3, -0.25) is 0 Å². The van der Waals surface area contributed by atoms with Crippen molar-refractivity contribution in [1.29, 1.82) is 0 Å². The summed E-state index contributed by atoms with van der Waals surface area (Å²) in [5, 5.41) is 8.00. The topological polar surface area (TPSA) is 42.7 Å². The molecule has 1 N–H and O–H groups in total. The molecule has 0 aliphatic heterocycles. The first-order valence-electron chi connectivity index (χ1n) is 6.81. The maximum Gasteiger partial charge on any atom is 0.147 e. The van der Waals surface area contributed by atoms with E-state index >= 15 is 0 Å². The van der Waals surface area contributed by atoms with Crippen molar-refractivity contribution in [2.75, 3.05) is 0 Å². The molecular weight excluding hydrogens is 256 g/mol. The molecule has 0 spiro atoms. The second-order valence-electron chi connectivity index (χ2n) is 5.31. The Balaban J connectivity index is 1.71. The van der Waals surface area contributed by atoms with Gasteiger partial charge in [-0.05, 0) is 45.2 Å². The second kappa shape index (κ2) is 5.06. The van der Waals surface area contributed by atoms with Crippen LogP contribution in [-0.2, 0) is 13.1 Å². The van der Waals surface area contributed by atoms with Crippen molar-refractivity contribution in [2.24, 2.45) is 0 Å². The van der Waals surface area contributed by atoms with Gasteiger partial charge in [0.2, 0.25) is 0 Å². The summed E-state index contributed by atoms with van der Waals surface area (Å²) in [4.78, 5) is 7.17. The zero-order chi connectivity index (χ0) is 13.4. The van der Waals surface area contributed by atoms with Crippen LogP contribution in [0.15, 0.2) is 6.07 Å². The molecule has 1 aliphatic rings. The maximum absolute atomic E-state index is 4.43. The fourth-order valence-electron chi connectivity index (χ4n) is 2.24. The molecule has 0 bridgehead atoms. The SMILES string of the molecule is Cc1nc(C)n(Cc2cc(CNC3CC3)sc2C)n1. The Morgan fingerprint density at radius 1 is 1.37 bits per heavy atom. The number of aromatic nitrogens is 3. The molecule has 4 nitrogen and oxygen atoms in total. The third-order valence-electron chi connectivity index (χ3n) is 3.50. The smallest absolute Gasteiger partial charge is 0.147 e. The fourth-order valence-corrected chi connectivity index (χ4v) is 3.24. The Labute approximate surface area is 117 Å². The molecule has 2 heterocycles. The lowest BCUT2D eigenvalue weighted by Crippen LogP contribution is -2.14. The quantitative estimate of drug-likeness (QED) is 0.912. The van der Waals surface area contributed by atoms with E-state index in [1.807, 2.05) is 29.9 Å². The molecular formula is C14H20N4S. The molecule has 0 atom stereocenters. The van der Waals surface area contributed by atoms with Crippen LogP contribution in [0.1, 0.15) is 39.8 Å². The average Bonchev–Trinajstić information content (AvgIpc) is 3.04. The predicted molar refractivity (Wildman–Crippen MR) is 77.5 cm³/mol. The van der Waals surface area contributed by atoms with Crippen LogP contribution >= 0.6 is 11.3 Å². The number of nitrogens with zero attached hydrogens (tertiary/aromatic N) is 3. The Morgan fingerprint density at radius 2 is 2.16 bits per heavy atom. The number of nitrogens with one attached hydrogen (secondary N) is 1. The summed E-state index contributed by atoms with van der Waals surface area (Å²) < 4.78 is 1.99. The van der Waals surface area contributed by atoms with E-state index in [0.717, 1.165) is 30.8 Å². The maximum atomic E-state index is 4.43. The van der Waals surface area contributed by atoms with E-state index in [0.29, 0.717) is 0 Å².